The zero-order valence-corrected chi connectivity index (χ0v) is 17.3. The molecule has 2 aliphatic rings. The Kier molecular flexibility index (Phi) is 6.06. The van der Waals surface area contributed by atoms with Crippen molar-refractivity contribution < 1.29 is 23.6 Å². The van der Waals surface area contributed by atoms with E-state index < -0.39 is 40.8 Å². The smallest absolute Gasteiger partial charge is 0.311 e. The van der Waals surface area contributed by atoms with Crippen LogP contribution < -0.4 is 10.6 Å². The summed E-state index contributed by atoms with van der Waals surface area (Å²) in [6.07, 6.45) is -1.17. The molecule has 0 bridgehead atoms. The summed E-state index contributed by atoms with van der Waals surface area (Å²) in [5, 5.41) is 4.92. The molecule has 1 aromatic rings. The van der Waals surface area contributed by atoms with Gasteiger partial charge in [-0.3, -0.25) is 29.9 Å². The van der Waals surface area contributed by atoms with E-state index in [1.807, 2.05) is 0 Å². The number of hydrogen-bond acceptors (Lipinski definition) is 7. The Bertz CT molecular complexity index is 835. The number of carbonyl (C=O) groups is 4. The van der Waals surface area contributed by atoms with Gasteiger partial charge >= 0.3 is 6.03 Å². The predicted octanol–water partition coefficient (Wildman–Crippen LogP) is 1.09. The molecule has 4 atom stereocenters. The Morgan fingerprint density at radius 2 is 1.66 bits per heavy atom. The summed E-state index contributed by atoms with van der Waals surface area (Å²) in [6, 6.07) is 5.36. The van der Waals surface area contributed by atoms with E-state index in [1.54, 1.807) is 19.2 Å². The summed E-state index contributed by atoms with van der Waals surface area (Å²) in [6.45, 7) is 2.67. The second-order valence-electron chi connectivity index (χ2n) is 7.24. The average molecular weight is 422 g/mol. The van der Waals surface area contributed by atoms with Gasteiger partial charge in [0.05, 0.1) is 23.6 Å². The third-order valence-electron chi connectivity index (χ3n) is 5.18. The van der Waals surface area contributed by atoms with E-state index in [1.165, 1.54) is 37.9 Å². The third-order valence-corrected chi connectivity index (χ3v) is 6.84. The van der Waals surface area contributed by atoms with Crippen molar-refractivity contribution in [2.75, 3.05) is 14.1 Å². The quantitative estimate of drug-likeness (QED) is 0.686. The standard InChI is InChI=1S/C19H23FN4O4S/c1-9(25)14(10(2)26)29-17-13-16(23(3)19(28)24(4)18(13)27)21-15(22-17)11-5-7-12(20)8-6-11/h5-8,13-17,21-22H,1-4H3. The normalized spacial score (nSPS) is 27.2. The Balaban J connectivity index is 1.98. The molecule has 156 valence electrons. The average Bonchev–Trinajstić information content (AvgIpc) is 2.68. The molecule has 2 heterocycles. The summed E-state index contributed by atoms with van der Waals surface area (Å²) < 4.78 is 13.3. The van der Waals surface area contributed by atoms with Gasteiger partial charge in [-0.05, 0) is 31.5 Å². The predicted molar refractivity (Wildman–Crippen MR) is 105 cm³/mol. The molecular formula is C19H23FN4O4S. The van der Waals surface area contributed by atoms with Gasteiger partial charge in [-0.15, -0.1) is 11.8 Å². The van der Waals surface area contributed by atoms with Crippen molar-refractivity contribution in [3.8, 4) is 0 Å². The topological polar surface area (TPSA) is 98.8 Å². The molecule has 0 spiro atoms. The molecule has 1 aromatic carbocycles. The fraction of sp³-hybridized carbons (Fsp3) is 0.474. The number of carbonyl (C=O) groups excluding carboxylic acids is 4. The number of amides is 3. The van der Waals surface area contributed by atoms with Crippen LogP contribution in [-0.2, 0) is 14.4 Å². The van der Waals surface area contributed by atoms with Crippen LogP contribution in [0.2, 0.25) is 0 Å². The van der Waals surface area contributed by atoms with Gasteiger partial charge in [0, 0.05) is 14.1 Å². The SMILES string of the molecule is CC(=O)C(SC1NC(c2ccc(F)cc2)NC2C1C(=O)N(C)C(=O)N2C)C(C)=O. The van der Waals surface area contributed by atoms with Crippen LogP contribution in [0.5, 0.6) is 0 Å². The maximum atomic E-state index is 13.3. The van der Waals surface area contributed by atoms with E-state index in [0.717, 1.165) is 16.7 Å². The van der Waals surface area contributed by atoms with Gasteiger partial charge in [-0.1, -0.05) is 12.1 Å². The highest BCUT2D eigenvalue weighted by atomic mass is 32.2. The van der Waals surface area contributed by atoms with E-state index in [-0.39, 0.29) is 17.4 Å². The van der Waals surface area contributed by atoms with E-state index >= 15 is 0 Å². The zero-order valence-electron chi connectivity index (χ0n) is 16.5. The molecule has 29 heavy (non-hydrogen) atoms. The monoisotopic (exact) mass is 422 g/mol. The van der Waals surface area contributed by atoms with E-state index in [9.17, 15) is 23.6 Å². The highest BCUT2D eigenvalue weighted by Gasteiger charge is 2.52. The number of fused-ring (bicyclic) bond motifs is 1. The van der Waals surface area contributed by atoms with Crippen molar-refractivity contribution in [1.29, 1.82) is 0 Å². The van der Waals surface area contributed by atoms with Crippen molar-refractivity contribution in [3.63, 3.8) is 0 Å². The number of halogens is 1. The van der Waals surface area contributed by atoms with Crippen LogP contribution in [0, 0.1) is 11.7 Å². The van der Waals surface area contributed by atoms with Crippen LogP contribution in [0.25, 0.3) is 0 Å². The molecule has 0 aliphatic carbocycles. The minimum absolute atomic E-state index is 0.307. The number of hydrogen-bond donors (Lipinski definition) is 2. The van der Waals surface area contributed by atoms with Crippen LogP contribution in [0.15, 0.2) is 24.3 Å². The highest BCUT2D eigenvalue weighted by molar-refractivity contribution is 8.02. The van der Waals surface area contributed by atoms with Crippen LogP contribution in [0.4, 0.5) is 9.18 Å². The first-order valence-electron chi connectivity index (χ1n) is 9.10. The number of ketones is 2. The van der Waals surface area contributed by atoms with Gasteiger partial charge in [0.25, 0.3) is 0 Å². The number of imide groups is 1. The number of benzene rings is 1. The first-order valence-corrected chi connectivity index (χ1v) is 10.0. The summed E-state index contributed by atoms with van der Waals surface area (Å²) >= 11 is 1.07. The first-order chi connectivity index (χ1) is 13.6. The Hall–Kier alpha value is -2.30. The van der Waals surface area contributed by atoms with Crippen molar-refractivity contribution in [2.24, 2.45) is 5.92 Å². The maximum absolute atomic E-state index is 13.3. The van der Waals surface area contributed by atoms with E-state index in [4.69, 9.17) is 0 Å². The minimum atomic E-state index is -0.929. The first kappa shape index (κ1) is 21.4. The molecule has 2 saturated heterocycles. The van der Waals surface area contributed by atoms with Gasteiger partial charge < -0.3 is 4.90 Å². The second kappa shape index (κ2) is 8.21. The lowest BCUT2D eigenvalue weighted by Crippen LogP contribution is -2.72. The molecule has 0 radical (unpaired) electrons. The minimum Gasteiger partial charge on any atom is -0.311 e. The van der Waals surface area contributed by atoms with Crippen molar-refractivity contribution in [2.45, 2.75) is 36.8 Å². The molecule has 4 unspecified atom stereocenters. The number of rotatable bonds is 5. The molecule has 0 aromatic heterocycles. The summed E-state index contributed by atoms with van der Waals surface area (Å²) in [5.41, 5.74) is 0.699. The molecular weight excluding hydrogens is 399 g/mol. The third kappa shape index (κ3) is 4.05. The van der Waals surface area contributed by atoms with Crippen LogP contribution in [-0.4, -0.2) is 64.2 Å². The van der Waals surface area contributed by atoms with Gasteiger partial charge in [-0.25, -0.2) is 9.18 Å². The number of nitrogens with zero attached hydrogens (tertiary/aromatic N) is 2. The van der Waals surface area contributed by atoms with Crippen LogP contribution >= 0.6 is 11.8 Å². The summed E-state index contributed by atoms with van der Waals surface area (Å²) in [5.74, 6) is -2.12. The molecule has 2 N–H and O–H groups in total. The van der Waals surface area contributed by atoms with Gasteiger partial charge in [0.2, 0.25) is 5.91 Å². The second-order valence-corrected chi connectivity index (χ2v) is 8.49. The molecule has 0 saturated carbocycles. The lowest BCUT2D eigenvalue weighted by Gasteiger charge is -2.50. The Labute approximate surface area is 172 Å². The lowest BCUT2D eigenvalue weighted by atomic mass is 9.96. The zero-order chi connectivity index (χ0) is 21.5. The molecule has 2 fully saturated rings. The van der Waals surface area contributed by atoms with E-state index in [0.29, 0.717) is 5.56 Å². The molecule has 8 nitrogen and oxygen atoms in total. The fourth-order valence-corrected chi connectivity index (χ4v) is 4.97. The van der Waals surface area contributed by atoms with Crippen molar-refractivity contribution >= 4 is 35.3 Å². The van der Waals surface area contributed by atoms with Crippen molar-refractivity contribution in [1.82, 2.24) is 20.4 Å². The summed E-state index contributed by atoms with van der Waals surface area (Å²) in [7, 11) is 2.98. The molecule has 3 amide bonds. The van der Waals surface area contributed by atoms with Crippen molar-refractivity contribution in [3.05, 3.63) is 35.6 Å². The van der Waals surface area contributed by atoms with Crippen LogP contribution in [0.3, 0.4) is 0 Å². The molecule has 2 aliphatic heterocycles. The van der Waals surface area contributed by atoms with Gasteiger partial charge in [0.1, 0.15) is 22.6 Å². The number of Topliss-reactive ketones (excluding diaryl/α,β-unsaturated/α-hetero) is 2. The lowest BCUT2D eigenvalue weighted by molar-refractivity contribution is -0.140. The van der Waals surface area contributed by atoms with Crippen LogP contribution in [0.1, 0.15) is 25.6 Å². The highest BCUT2D eigenvalue weighted by Crippen LogP contribution is 2.36. The maximum Gasteiger partial charge on any atom is 0.327 e. The largest absolute Gasteiger partial charge is 0.327 e. The Morgan fingerprint density at radius 3 is 2.21 bits per heavy atom. The number of nitrogens with one attached hydrogen (secondary N) is 2. The number of urea groups is 1. The molecule has 10 heteroatoms. The molecule has 3 rings (SSSR count). The van der Waals surface area contributed by atoms with Gasteiger partial charge in [0.15, 0.2) is 0 Å². The van der Waals surface area contributed by atoms with Gasteiger partial charge in [-0.2, -0.15) is 0 Å². The fourth-order valence-electron chi connectivity index (χ4n) is 3.64. The summed E-state index contributed by atoms with van der Waals surface area (Å²) in [4.78, 5) is 51.8. The Morgan fingerprint density at radius 1 is 1.07 bits per heavy atom. The van der Waals surface area contributed by atoms with E-state index in [2.05, 4.69) is 10.6 Å². The number of thioether (sulfide) groups is 1.